The summed E-state index contributed by atoms with van der Waals surface area (Å²) in [5.41, 5.74) is 0. The molecule has 1 aliphatic rings. The summed E-state index contributed by atoms with van der Waals surface area (Å²) in [5, 5.41) is 0. The van der Waals surface area contributed by atoms with Crippen molar-refractivity contribution in [3.8, 4) is 0 Å². The van der Waals surface area contributed by atoms with E-state index in [9.17, 15) is 4.79 Å². The molecule has 0 bridgehead atoms. The van der Waals surface area contributed by atoms with Crippen molar-refractivity contribution in [2.24, 2.45) is 5.92 Å². The predicted octanol–water partition coefficient (Wildman–Crippen LogP) is 2.04. The molecule has 12 heavy (non-hydrogen) atoms. The molecule has 0 N–H and O–H groups in total. The molecule has 0 aromatic heterocycles. The van der Waals surface area contributed by atoms with E-state index in [0.29, 0.717) is 6.04 Å². The minimum atomic E-state index is 0.203. The second kappa shape index (κ2) is 3.92. The predicted molar refractivity (Wildman–Crippen MR) is 49.9 cm³/mol. The summed E-state index contributed by atoms with van der Waals surface area (Å²) in [7, 11) is 1.92. The van der Waals surface area contributed by atoms with E-state index in [4.69, 9.17) is 0 Å². The van der Waals surface area contributed by atoms with Gasteiger partial charge in [-0.25, -0.2) is 0 Å². The average molecular weight is 169 g/mol. The van der Waals surface area contributed by atoms with Gasteiger partial charge in [0.1, 0.15) is 0 Å². The molecule has 2 nitrogen and oxygen atoms in total. The molecule has 1 aliphatic carbocycles. The standard InChI is InChI=1S/C10H19NO/c1-8-4-6-10(7-5-8)11(3)9(2)12/h8,10H,4-7H2,1-3H3. The van der Waals surface area contributed by atoms with Gasteiger partial charge in [-0.1, -0.05) is 6.92 Å². The second-order valence-electron chi connectivity index (χ2n) is 4.04. The molecule has 2 heteroatoms. The first kappa shape index (κ1) is 9.56. The van der Waals surface area contributed by atoms with Crippen LogP contribution in [0.25, 0.3) is 0 Å². The summed E-state index contributed by atoms with van der Waals surface area (Å²) >= 11 is 0. The van der Waals surface area contributed by atoms with Crippen molar-refractivity contribution in [2.45, 2.75) is 45.6 Å². The fraction of sp³-hybridized carbons (Fsp3) is 0.900. The van der Waals surface area contributed by atoms with Gasteiger partial charge in [-0.15, -0.1) is 0 Å². The maximum Gasteiger partial charge on any atom is 0.219 e. The fourth-order valence-corrected chi connectivity index (χ4v) is 1.89. The highest BCUT2D eigenvalue weighted by Gasteiger charge is 2.22. The summed E-state index contributed by atoms with van der Waals surface area (Å²) < 4.78 is 0. The molecule has 0 radical (unpaired) electrons. The number of rotatable bonds is 1. The van der Waals surface area contributed by atoms with E-state index in [-0.39, 0.29) is 5.91 Å². The quantitative estimate of drug-likeness (QED) is 0.588. The third kappa shape index (κ3) is 2.23. The van der Waals surface area contributed by atoms with Gasteiger partial charge in [-0.05, 0) is 31.6 Å². The topological polar surface area (TPSA) is 20.3 Å². The van der Waals surface area contributed by atoms with Gasteiger partial charge in [0.2, 0.25) is 5.91 Å². The van der Waals surface area contributed by atoms with Gasteiger partial charge in [-0.2, -0.15) is 0 Å². The number of nitrogens with zero attached hydrogens (tertiary/aromatic N) is 1. The zero-order valence-corrected chi connectivity index (χ0v) is 8.34. The third-order valence-corrected chi connectivity index (χ3v) is 3.03. The first-order chi connectivity index (χ1) is 5.61. The van der Waals surface area contributed by atoms with Crippen molar-refractivity contribution in [1.82, 2.24) is 4.90 Å². The van der Waals surface area contributed by atoms with E-state index in [1.807, 2.05) is 11.9 Å². The smallest absolute Gasteiger partial charge is 0.219 e. The molecule has 1 saturated carbocycles. The third-order valence-electron chi connectivity index (χ3n) is 3.03. The van der Waals surface area contributed by atoms with Crippen molar-refractivity contribution < 1.29 is 4.79 Å². The maximum atomic E-state index is 11.1. The van der Waals surface area contributed by atoms with E-state index < -0.39 is 0 Å². The van der Waals surface area contributed by atoms with Crippen molar-refractivity contribution >= 4 is 5.91 Å². The van der Waals surface area contributed by atoms with Crippen molar-refractivity contribution in [3.63, 3.8) is 0 Å². The van der Waals surface area contributed by atoms with E-state index in [0.717, 1.165) is 5.92 Å². The summed E-state index contributed by atoms with van der Waals surface area (Å²) in [5.74, 6) is 1.07. The molecule has 1 fully saturated rings. The number of carbonyl (C=O) groups excluding carboxylic acids is 1. The summed E-state index contributed by atoms with van der Waals surface area (Å²) in [6, 6.07) is 0.513. The van der Waals surface area contributed by atoms with Gasteiger partial charge in [0, 0.05) is 20.0 Å². The van der Waals surface area contributed by atoms with Crippen LogP contribution < -0.4 is 0 Å². The van der Waals surface area contributed by atoms with Gasteiger partial charge in [0.25, 0.3) is 0 Å². The Kier molecular flexibility index (Phi) is 3.12. The zero-order chi connectivity index (χ0) is 9.14. The monoisotopic (exact) mass is 169 g/mol. The van der Waals surface area contributed by atoms with Gasteiger partial charge >= 0.3 is 0 Å². The highest BCUT2D eigenvalue weighted by atomic mass is 16.2. The molecule has 0 saturated heterocycles. The Hall–Kier alpha value is -0.530. The van der Waals surface area contributed by atoms with Crippen LogP contribution in [0.1, 0.15) is 39.5 Å². The van der Waals surface area contributed by atoms with Crippen LogP contribution in [-0.4, -0.2) is 23.9 Å². The van der Waals surface area contributed by atoms with Crippen molar-refractivity contribution in [2.75, 3.05) is 7.05 Å². The molecule has 0 unspecified atom stereocenters. The van der Waals surface area contributed by atoms with Crippen molar-refractivity contribution in [1.29, 1.82) is 0 Å². The van der Waals surface area contributed by atoms with Gasteiger partial charge in [0.05, 0.1) is 0 Å². The van der Waals surface area contributed by atoms with Gasteiger partial charge in [-0.3, -0.25) is 4.79 Å². The van der Waals surface area contributed by atoms with Crippen LogP contribution in [-0.2, 0) is 4.79 Å². The highest BCUT2D eigenvalue weighted by molar-refractivity contribution is 5.73. The first-order valence-corrected chi connectivity index (χ1v) is 4.84. The lowest BCUT2D eigenvalue weighted by Gasteiger charge is -2.32. The minimum Gasteiger partial charge on any atom is -0.343 e. The van der Waals surface area contributed by atoms with Gasteiger partial charge < -0.3 is 4.90 Å². The molecule has 0 aromatic rings. The van der Waals surface area contributed by atoms with Crippen LogP contribution >= 0.6 is 0 Å². The van der Waals surface area contributed by atoms with Crippen LogP contribution in [0.4, 0.5) is 0 Å². The Morgan fingerprint density at radius 2 is 1.75 bits per heavy atom. The van der Waals surface area contributed by atoms with Crippen LogP contribution in [0.5, 0.6) is 0 Å². The van der Waals surface area contributed by atoms with E-state index in [2.05, 4.69) is 6.92 Å². The number of amides is 1. The lowest BCUT2D eigenvalue weighted by molar-refractivity contribution is -0.130. The number of hydrogen-bond acceptors (Lipinski definition) is 1. The lowest BCUT2D eigenvalue weighted by Crippen LogP contribution is -2.37. The zero-order valence-electron chi connectivity index (χ0n) is 8.34. The molecular weight excluding hydrogens is 150 g/mol. The first-order valence-electron chi connectivity index (χ1n) is 4.84. The second-order valence-corrected chi connectivity index (χ2v) is 4.04. The molecule has 1 rings (SSSR count). The maximum absolute atomic E-state index is 11.1. The molecule has 0 aromatic carbocycles. The van der Waals surface area contributed by atoms with E-state index in [1.54, 1.807) is 6.92 Å². The van der Waals surface area contributed by atoms with Crippen LogP contribution in [0.2, 0.25) is 0 Å². The number of hydrogen-bond donors (Lipinski definition) is 0. The Balaban J connectivity index is 2.39. The molecule has 70 valence electrons. The summed E-state index contributed by atoms with van der Waals surface area (Å²) in [6.45, 7) is 3.95. The Morgan fingerprint density at radius 3 is 2.17 bits per heavy atom. The summed E-state index contributed by atoms with van der Waals surface area (Å²) in [4.78, 5) is 12.9. The fourth-order valence-electron chi connectivity index (χ4n) is 1.89. The SMILES string of the molecule is CC(=O)N(C)C1CCC(C)CC1. The normalized spacial score (nSPS) is 29.9. The average Bonchev–Trinajstić information content (AvgIpc) is 2.04. The van der Waals surface area contributed by atoms with Gasteiger partial charge in [0.15, 0.2) is 0 Å². The van der Waals surface area contributed by atoms with Crippen LogP contribution in [0.3, 0.4) is 0 Å². The van der Waals surface area contributed by atoms with Crippen LogP contribution in [0, 0.1) is 5.92 Å². The molecular formula is C10H19NO. The summed E-state index contributed by atoms with van der Waals surface area (Å²) in [6.07, 6.45) is 4.94. The van der Waals surface area contributed by atoms with E-state index in [1.165, 1.54) is 25.7 Å². The number of carbonyl (C=O) groups is 1. The molecule has 0 heterocycles. The van der Waals surface area contributed by atoms with Crippen molar-refractivity contribution in [3.05, 3.63) is 0 Å². The largest absolute Gasteiger partial charge is 0.343 e. The molecule has 0 aliphatic heterocycles. The van der Waals surface area contributed by atoms with E-state index >= 15 is 0 Å². The lowest BCUT2D eigenvalue weighted by atomic mass is 9.87. The highest BCUT2D eigenvalue weighted by Crippen LogP contribution is 2.26. The Bertz CT molecular complexity index is 159. The van der Waals surface area contributed by atoms with Crippen LogP contribution in [0.15, 0.2) is 0 Å². The molecule has 1 amide bonds. The Labute approximate surface area is 74.9 Å². The molecule has 0 atom stereocenters. The molecule has 0 spiro atoms. The minimum absolute atomic E-state index is 0.203. The Morgan fingerprint density at radius 1 is 1.25 bits per heavy atom.